The van der Waals surface area contributed by atoms with E-state index in [9.17, 15) is 4.79 Å². The molecule has 1 aromatic carbocycles. The Kier molecular flexibility index (Phi) is 7.17. The maximum absolute atomic E-state index is 12.4. The van der Waals surface area contributed by atoms with E-state index >= 15 is 0 Å². The molecule has 4 rings (SSSR count). The lowest BCUT2D eigenvalue weighted by molar-refractivity contribution is 0.0203. The van der Waals surface area contributed by atoms with Crippen LogP contribution in [-0.2, 0) is 4.74 Å². The molecule has 1 N–H and O–H groups in total. The molecule has 1 amide bonds. The smallest absolute Gasteiger partial charge is 0.410 e. The van der Waals surface area contributed by atoms with Crippen molar-refractivity contribution in [1.82, 2.24) is 19.9 Å². The van der Waals surface area contributed by atoms with Gasteiger partial charge in [0.1, 0.15) is 22.9 Å². The zero-order valence-electron chi connectivity index (χ0n) is 19.5. The first kappa shape index (κ1) is 23.8. The maximum Gasteiger partial charge on any atom is 0.410 e. The van der Waals surface area contributed by atoms with Gasteiger partial charge in [0, 0.05) is 43.3 Å². The summed E-state index contributed by atoms with van der Waals surface area (Å²) in [6.45, 7) is 6.83. The van der Waals surface area contributed by atoms with Crippen LogP contribution in [0.1, 0.15) is 45.2 Å². The number of hydrogen-bond acceptors (Lipinski definition) is 7. The predicted molar refractivity (Wildman–Crippen MR) is 131 cm³/mol. The second-order valence-electron chi connectivity index (χ2n) is 9.10. The van der Waals surface area contributed by atoms with E-state index in [1.54, 1.807) is 29.6 Å². The largest absolute Gasteiger partial charge is 0.444 e. The van der Waals surface area contributed by atoms with E-state index in [-0.39, 0.29) is 12.0 Å². The number of amides is 1. The number of carbonyl (C=O) groups is 1. The van der Waals surface area contributed by atoms with Crippen LogP contribution in [0, 0.1) is 0 Å². The van der Waals surface area contributed by atoms with Crippen molar-refractivity contribution >= 4 is 29.2 Å². The molecular formula is C25H28ClN5O3. The number of piperidine rings is 1. The van der Waals surface area contributed by atoms with Gasteiger partial charge in [-0.2, -0.15) is 0 Å². The number of rotatable bonds is 5. The van der Waals surface area contributed by atoms with Gasteiger partial charge in [-0.25, -0.2) is 14.8 Å². The molecule has 2 aromatic heterocycles. The molecule has 0 aliphatic carbocycles. The average Bonchev–Trinajstić information content (AvgIpc) is 2.81. The number of hydrogen-bond donors (Lipinski definition) is 1. The van der Waals surface area contributed by atoms with E-state index in [1.807, 2.05) is 51.1 Å². The Bertz CT molecular complexity index is 1110. The highest BCUT2D eigenvalue weighted by Gasteiger charge is 2.29. The van der Waals surface area contributed by atoms with Crippen LogP contribution >= 0.6 is 11.6 Å². The first-order chi connectivity index (χ1) is 16.3. The third-order valence-electron chi connectivity index (χ3n) is 5.29. The summed E-state index contributed by atoms with van der Waals surface area (Å²) in [7, 11) is 0. The zero-order chi connectivity index (χ0) is 24.1. The topological polar surface area (TPSA) is 89.5 Å². The highest BCUT2D eigenvalue weighted by atomic mass is 35.5. The molecular weight excluding hydrogens is 454 g/mol. The van der Waals surface area contributed by atoms with Gasteiger partial charge in [-0.3, -0.25) is 4.98 Å². The molecule has 1 aliphatic rings. The Morgan fingerprint density at radius 2 is 1.74 bits per heavy atom. The fraction of sp³-hybridized carbons (Fsp3) is 0.360. The molecule has 1 fully saturated rings. The normalized spacial score (nSPS) is 14.5. The minimum atomic E-state index is -0.504. The molecule has 0 saturated carbocycles. The van der Waals surface area contributed by atoms with Gasteiger partial charge in [0.15, 0.2) is 0 Å². The lowest BCUT2D eigenvalue weighted by Gasteiger charge is -2.33. The van der Waals surface area contributed by atoms with Crippen LogP contribution in [0.5, 0.6) is 11.6 Å². The van der Waals surface area contributed by atoms with Gasteiger partial charge in [0.05, 0.1) is 5.02 Å². The molecule has 0 unspecified atom stereocenters. The van der Waals surface area contributed by atoms with Gasteiger partial charge >= 0.3 is 6.09 Å². The van der Waals surface area contributed by atoms with Gasteiger partial charge in [-0.05, 0) is 70.0 Å². The monoisotopic (exact) mass is 481 g/mol. The van der Waals surface area contributed by atoms with Gasteiger partial charge < -0.3 is 19.7 Å². The fourth-order valence-electron chi connectivity index (χ4n) is 3.67. The molecule has 34 heavy (non-hydrogen) atoms. The number of halogens is 1. The summed E-state index contributed by atoms with van der Waals surface area (Å²) in [5.41, 5.74) is 1.17. The number of anilines is 2. The number of likely N-dealkylation sites (tertiary alicyclic amines) is 1. The van der Waals surface area contributed by atoms with Gasteiger partial charge in [-0.15, -0.1) is 0 Å². The summed E-state index contributed by atoms with van der Waals surface area (Å²) in [4.78, 5) is 27.3. The Balaban J connectivity index is 1.38. The van der Waals surface area contributed by atoms with Gasteiger partial charge in [0.25, 0.3) is 0 Å². The molecule has 1 aliphatic heterocycles. The number of ether oxygens (including phenoxy) is 2. The van der Waals surface area contributed by atoms with Gasteiger partial charge in [-0.1, -0.05) is 11.6 Å². The molecule has 8 nitrogen and oxygen atoms in total. The fourth-order valence-corrected chi connectivity index (χ4v) is 3.78. The third-order valence-corrected chi connectivity index (χ3v) is 5.52. The summed E-state index contributed by atoms with van der Waals surface area (Å²) >= 11 is 5.88. The first-order valence-electron chi connectivity index (χ1n) is 11.2. The Labute approximate surface area is 204 Å². The van der Waals surface area contributed by atoms with E-state index in [0.29, 0.717) is 35.6 Å². The standard InChI is InChI=1S/C25H28ClN5O3/c1-25(2,3)34-24(32)31-14-10-17(11-15-31)22-23(28-13-12-27-22)33-20-7-5-19(6-8-20)30-21-9-4-18(26)16-29-21/h4-9,12-13,16-17H,10-11,14-15H2,1-3H3,(H,29,30). The molecule has 0 bridgehead atoms. The van der Waals surface area contributed by atoms with Crippen molar-refractivity contribution in [3.05, 3.63) is 65.7 Å². The van der Waals surface area contributed by atoms with Crippen LogP contribution in [0.15, 0.2) is 55.0 Å². The van der Waals surface area contributed by atoms with Crippen LogP contribution in [0.2, 0.25) is 5.02 Å². The summed E-state index contributed by atoms with van der Waals surface area (Å²) < 4.78 is 11.6. The summed E-state index contributed by atoms with van der Waals surface area (Å²) in [6.07, 6.45) is 6.15. The first-order valence-corrected chi connectivity index (χ1v) is 11.6. The molecule has 0 spiro atoms. The Morgan fingerprint density at radius 3 is 2.38 bits per heavy atom. The number of pyridine rings is 1. The van der Waals surface area contributed by atoms with E-state index in [2.05, 4.69) is 20.3 Å². The average molecular weight is 482 g/mol. The number of aromatic nitrogens is 3. The molecule has 178 valence electrons. The van der Waals surface area contributed by atoms with E-state index in [1.165, 1.54) is 0 Å². The van der Waals surface area contributed by atoms with Crippen LogP contribution in [0.25, 0.3) is 0 Å². The van der Waals surface area contributed by atoms with Crippen molar-refractivity contribution in [2.75, 3.05) is 18.4 Å². The van der Waals surface area contributed by atoms with E-state index in [4.69, 9.17) is 21.1 Å². The number of nitrogens with zero attached hydrogens (tertiary/aromatic N) is 4. The molecule has 0 radical (unpaired) electrons. The lowest BCUT2D eigenvalue weighted by Crippen LogP contribution is -2.41. The van der Waals surface area contributed by atoms with Crippen LogP contribution in [0.3, 0.4) is 0 Å². The third kappa shape index (κ3) is 6.35. The quantitative estimate of drug-likeness (QED) is 0.465. The zero-order valence-corrected chi connectivity index (χ0v) is 20.2. The van der Waals surface area contributed by atoms with Crippen molar-refractivity contribution < 1.29 is 14.3 Å². The van der Waals surface area contributed by atoms with Crippen molar-refractivity contribution in [1.29, 1.82) is 0 Å². The van der Waals surface area contributed by atoms with E-state index < -0.39 is 5.60 Å². The second-order valence-corrected chi connectivity index (χ2v) is 9.54. The Hall–Kier alpha value is -3.39. The minimum absolute atomic E-state index is 0.152. The molecule has 3 aromatic rings. The number of benzene rings is 1. The van der Waals surface area contributed by atoms with Crippen LogP contribution in [0.4, 0.5) is 16.3 Å². The molecule has 3 heterocycles. The minimum Gasteiger partial charge on any atom is -0.444 e. The highest BCUT2D eigenvalue weighted by Crippen LogP contribution is 2.34. The van der Waals surface area contributed by atoms with E-state index in [0.717, 1.165) is 24.2 Å². The lowest BCUT2D eigenvalue weighted by atomic mass is 9.93. The maximum atomic E-state index is 12.4. The Morgan fingerprint density at radius 1 is 1.03 bits per heavy atom. The van der Waals surface area contributed by atoms with Crippen molar-refractivity contribution in [2.24, 2.45) is 0 Å². The van der Waals surface area contributed by atoms with Crippen molar-refractivity contribution in [2.45, 2.75) is 45.1 Å². The van der Waals surface area contributed by atoms with Gasteiger partial charge in [0.2, 0.25) is 5.88 Å². The number of carbonyl (C=O) groups excluding carboxylic acids is 1. The molecule has 9 heteroatoms. The van der Waals surface area contributed by atoms with Crippen molar-refractivity contribution in [3.8, 4) is 11.6 Å². The summed E-state index contributed by atoms with van der Waals surface area (Å²) in [5, 5.41) is 3.80. The molecule has 0 atom stereocenters. The van der Waals surface area contributed by atoms with Crippen molar-refractivity contribution in [3.63, 3.8) is 0 Å². The van der Waals surface area contributed by atoms with Crippen LogP contribution in [-0.4, -0.2) is 44.6 Å². The second kappa shape index (κ2) is 10.3. The number of nitrogens with one attached hydrogen (secondary N) is 1. The SMILES string of the molecule is CC(C)(C)OC(=O)N1CCC(c2nccnc2Oc2ccc(Nc3ccc(Cl)cn3)cc2)CC1. The summed E-state index contributed by atoms with van der Waals surface area (Å²) in [6, 6.07) is 11.1. The van der Waals surface area contributed by atoms with Crippen LogP contribution < -0.4 is 10.1 Å². The summed E-state index contributed by atoms with van der Waals surface area (Å²) in [5.74, 6) is 1.99. The highest BCUT2D eigenvalue weighted by molar-refractivity contribution is 6.30. The molecule has 1 saturated heterocycles. The predicted octanol–water partition coefficient (Wildman–Crippen LogP) is 6.18.